The second-order valence-corrected chi connectivity index (χ2v) is 7.55. The van der Waals surface area contributed by atoms with Gasteiger partial charge in [-0.1, -0.05) is 32.9 Å². The number of halogens is 3. The summed E-state index contributed by atoms with van der Waals surface area (Å²) in [4.78, 5) is 4.36. The maximum absolute atomic E-state index is 13.5. The fourth-order valence-corrected chi connectivity index (χ4v) is 2.94. The van der Waals surface area contributed by atoms with Crippen LogP contribution in [0.1, 0.15) is 43.9 Å². The van der Waals surface area contributed by atoms with Crippen molar-refractivity contribution in [3.63, 3.8) is 0 Å². The molecule has 2 rings (SSSR count). The van der Waals surface area contributed by atoms with Crippen molar-refractivity contribution >= 4 is 0 Å². The van der Waals surface area contributed by atoms with E-state index in [1.54, 1.807) is 6.07 Å². The lowest BCUT2D eigenvalue weighted by Crippen LogP contribution is -2.29. The summed E-state index contributed by atoms with van der Waals surface area (Å²) < 4.78 is 40.5. The van der Waals surface area contributed by atoms with Crippen LogP contribution in [0.2, 0.25) is 0 Å². The third kappa shape index (κ3) is 4.95. The molecule has 0 bridgehead atoms. The van der Waals surface area contributed by atoms with Gasteiger partial charge in [0.05, 0.1) is 5.56 Å². The zero-order valence-corrected chi connectivity index (χ0v) is 14.5. The SMILES string of the molecule is CN1CCCN(Cc2ccc(C(C)(C)C)cc2C(F)(F)F)CC1. The molecule has 0 unspecified atom stereocenters. The minimum Gasteiger partial charge on any atom is -0.305 e. The lowest BCUT2D eigenvalue weighted by atomic mass is 9.85. The Morgan fingerprint density at radius 3 is 2.30 bits per heavy atom. The van der Waals surface area contributed by atoms with Gasteiger partial charge in [0.25, 0.3) is 0 Å². The first-order chi connectivity index (χ1) is 10.6. The lowest BCUT2D eigenvalue weighted by Gasteiger charge is -2.25. The summed E-state index contributed by atoms with van der Waals surface area (Å²) in [6, 6.07) is 4.84. The molecule has 0 amide bonds. The van der Waals surface area contributed by atoms with Gasteiger partial charge >= 0.3 is 6.18 Å². The molecular weight excluding hydrogens is 301 g/mol. The molecule has 0 saturated carbocycles. The zero-order chi connectivity index (χ0) is 17.3. The van der Waals surface area contributed by atoms with Gasteiger partial charge in [-0.05, 0) is 49.2 Å². The molecule has 23 heavy (non-hydrogen) atoms. The Bertz CT molecular complexity index is 532. The predicted octanol–water partition coefficient (Wildman–Crippen LogP) is 4.14. The summed E-state index contributed by atoms with van der Waals surface area (Å²) >= 11 is 0. The summed E-state index contributed by atoms with van der Waals surface area (Å²) in [7, 11) is 2.06. The van der Waals surface area contributed by atoms with Crippen LogP contribution in [0.25, 0.3) is 0 Å². The molecule has 1 saturated heterocycles. The molecule has 1 aromatic rings. The van der Waals surface area contributed by atoms with Crippen molar-refractivity contribution in [1.82, 2.24) is 9.80 Å². The van der Waals surface area contributed by atoms with Crippen molar-refractivity contribution in [2.24, 2.45) is 0 Å². The van der Waals surface area contributed by atoms with E-state index in [1.807, 2.05) is 26.8 Å². The van der Waals surface area contributed by atoms with E-state index < -0.39 is 11.7 Å². The Balaban J connectivity index is 2.27. The van der Waals surface area contributed by atoms with Gasteiger partial charge in [0.1, 0.15) is 0 Å². The number of hydrogen-bond acceptors (Lipinski definition) is 2. The van der Waals surface area contributed by atoms with Gasteiger partial charge < -0.3 is 4.90 Å². The van der Waals surface area contributed by atoms with E-state index in [1.165, 1.54) is 6.07 Å². The fraction of sp³-hybridized carbons (Fsp3) is 0.667. The predicted molar refractivity (Wildman–Crippen MR) is 87.5 cm³/mol. The minimum absolute atomic E-state index is 0.288. The van der Waals surface area contributed by atoms with Crippen LogP contribution in [0.3, 0.4) is 0 Å². The first kappa shape index (κ1) is 18.3. The molecule has 2 nitrogen and oxygen atoms in total. The smallest absolute Gasteiger partial charge is 0.305 e. The molecule has 5 heteroatoms. The number of nitrogens with zero attached hydrogens (tertiary/aromatic N) is 2. The van der Waals surface area contributed by atoms with Gasteiger partial charge in [-0.25, -0.2) is 0 Å². The molecule has 0 radical (unpaired) electrons. The van der Waals surface area contributed by atoms with Crippen molar-refractivity contribution < 1.29 is 13.2 Å². The van der Waals surface area contributed by atoms with Crippen LogP contribution >= 0.6 is 0 Å². The quantitative estimate of drug-likeness (QED) is 0.805. The van der Waals surface area contributed by atoms with Crippen molar-refractivity contribution in [3.8, 4) is 0 Å². The van der Waals surface area contributed by atoms with E-state index in [2.05, 4.69) is 16.8 Å². The highest BCUT2D eigenvalue weighted by Crippen LogP contribution is 2.36. The first-order valence-corrected chi connectivity index (χ1v) is 8.19. The number of hydrogen-bond donors (Lipinski definition) is 0. The van der Waals surface area contributed by atoms with Crippen molar-refractivity contribution in [2.45, 2.75) is 45.3 Å². The number of benzene rings is 1. The van der Waals surface area contributed by atoms with Crippen LogP contribution in [-0.2, 0) is 18.1 Å². The van der Waals surface area contributed by atoms with Crippen LogP contribution in [-0.4, -0.2) is 43.0 Å². The zero-order valence-electron chi connectivity index (χ0n) is 14.5. The van der Waals surface area contributed by atoms with Gasteiger partial charge in [0, 0.05) is 19.6 Å². The normalized spacial score (nSPS) is 18.9. The second kappa shape index (κ2) is 6.81. The van der Waals surface area contributed by atoms with Crippen LogP contribution in [0.5, 0.6) is 0 Å². The average Bonchev–Trinajstić information content (AvgIpc) is 2.62. The van der Waals surface area contributed by atoms with Gasteiger partial charge in [-0.3, -0.25) is 4.90 Å². The third-order valence-electron chi connectivity index (χ3n) is 4.49. The molecule has 1 heterocycles. The first-order valence-electron chi connectivity index (χ1n) is 8.19. The largest absolute Gasteiger partial charge is 0.416 e. The Kier molecular flexibility index (Phi) is 5.41. The molecule has 0 aromatic heterocycles. The molecule has 1 aliphatic rings. The molecule has 1 fully saturated rings. The number of likely N-dealkylation sites (N-methyl/N-ethyl adjacent to an activating group) is 1. The highest BCUT2D eigenvalue weighted by Gasteiger charge is 2.34. The van der Waals surface area contributed by atoms with Crippen LogP contribution in [0.15, 0.2) is 18.2 Å². The third-order valence-corrected chi connectivity index (χ3v) is 4.49. The van der Waals surface area contributed by atoms with Crippen LogP contribution in [0.4, 0.5) is 13.2 Å². The standard InChI is InChI=1S/C18H27F3N2/c1-17(2,3)15-7-6-14(16(12-15)18(19,20)21)13-23-9-5-8-22(4)10-11-23/h6-7,12H,5,8-11,13H2,1-4H3. The summed E-state index contributed by atoms with van der Waals surface area (Å²) in [5, 5.41) is 0. The van der Waals surface area contributed by atoms with Crippen LogP contribution < -0.4 is 0 Å². The maximum Gasteiger partial charge on any atom is 0.416 e. The molecule has 1 aliphatic heterocycles. The Labute approximate surface area is 137 Å². The number of rotatable bonds is 2. The van der Waals surface area contributed by atoms with Gasteiger partial charge in [0.15, 0.2) is 0 Å². The van der Waals surface area contributed by atoms with E-state index in [0.29, 0.717) is 12.1 Å². The van der Waals surface area contributed by atoms with Crippen molar-refractivity contribution in [2.75, 3.05) is 33.2 Å². The Morgan fingerprint density at radius 1 is 1.00 bits per heavy atom. The van der Waals surface area contributed by atoms with Crippen LogP contribution in [0, 0.1) is 0 Å². The fourth-order valence-electron chi connectivity index (χ4n) is 2.94. The lowest BCUT2D eigenvalue weighted by molar-refractivity contribution is -0.138. The van der Waals surface area contributed by atoms with Gasteiger partial charge in [0.2, 0.25) is 0 Å². The molecule has 0 spiro atoms. The Morgan fingerprint density at radius 2 is 1.70 bits per heavy atom. The molecule has 0 aliphatic carbocycles. The van der Waals surface area contributed by atoms with Crippen molar-refractivity contribution in [1.29, 1.82) is 0 Å². The number of alkyl halides is 3. The van der Waals surface area contributed by atoms with Gasteiger partial charge in [-0.2, -0.15) is 13.2 Å². The molecule has 0 N–H and O–H groups in total. The molecule has 130 valence electrons. The maximum atomic E-state index is 13.5. The summed E-state index contributed by atoms with van der Waals surface area (Å²) in [6.45, 7) is 9.75. The van der Waals surface area contributed by atoms with E-state index in [0.717, 1.165) is 38.2 Å². The minimum atomic E-state index is -4.31. The van der Waals surface area contributed by atoms with Gasteiger partial charge in [-0.15, -0.1) is 0 Å². The monoisotopic (exact) mass is 328 g/mol. The van der Waals surface area contributed by atoms with E-state index >= 15 is 0 Å². The average molecular weight is 328 g/mol. The topological polar surface area (TPSA) is 6.48 Å². The highest BCUT2D eigenvalue weighted by atomic mass is 19.4. The van der Waals surface area contributed by atoms with Crippen molar-refractivity contribution in [3.05, 3.63) is 34.9 Å². The van der Waals surface area contributed by atoms with E-state index in [-0.39, 0.29) is 5.41 Å². The summed E-state index contributed by atoms with van der Waals surface area (Å²) in [5.41, 5.74) is 0.339. The Hall–Kier alpha value is -1.07. The van der Waals surface area contributed by atoms with E-state index in [4.69, 9.17) is 0 Å². The summed E-state index contributed by atoms with van der Waals surface area (Å²) in [5.74, 6) is 0. The van der Waals surface area contributed by atoms with E-state index in [9.17, 15) is 13.2 Å². The highest BCUT2D eigenvalue weighted by molar-refractivity contribution is 5.37. The second-order valence-electron chi connectivity index (χ2n) is 7.55. The summed E-state index contributed by atoms with van der Waals surface area (Å²) in [6.07, 6.45) is -3.31. The molecular formula is C18H27F3N2. The molecule has 0 atom stereocenters. The molecule has 1 aromatic carbocycles.